The topological polar surface area (TPSA) is 32.5 Å². The number of fused-ring (bicyclic) bond motifs is 1. The van der Waals surface area contributed by atoms with Crippen molar-refractivity contribution in [1.29, 1.82) is 0 Å². The summed E-state index contributed by atoms with van der Waals surface area (Å²) in [5.41, 5.74) is 6.27. The standard InChI is InChI=1S/C13H27N3/c1-4-13(3,14)10-16-9-12-6-5-7-15(12)8-11(16)2/h11-12H,4-10,14H2,1-3H3. The zero-order chi connectivity index (χ0) is 11.8. The van der Waals surface area contributed by atoms with Crippen LogP contribution in [-0.2, 0) is 0 Å². The highest BCUT2D eigenvalue weighted by Crippen LogP contribution is 2.25. The second-order valence-electron chi connectivity index (χ2n) is 6.08. The van der Waals surface area contributed by atoms with Crippen LogP contribution in [0.4, 0.5) is 0 Å². The van der Waals surface area contributed by atoms with Gasteiger partial charge in [-0.3, -0.25) is 9.80 Å². The molecule has 0 aromatic carbocycles. The Hall–Kier alpha value is -0.120. The summed E-state index contributed by atoms with van der Waals surface area (Å²) in [5.74, 6) is 0. The second-order valence-corrected chi connectivity index (χ2v) is 6.08. The molecule has 0 aromatic heterocycles. The van der Waals surface area contributed by atoms with Crippen LogP contribution in [0.15, 0.2) is 0 Å². The van der Waals surface area contributed by atoms with Crippen LogP contribution in [0.25, 0.3) is 0 Å². The molecule has 0 saturated carbocycles. The molecule has 16 heavy (non-hydrogen) atoms. The molecule has 94 valence electrons. The summed E-state index contributed by atoms with van der Waals surface area (Å²) < 4.78 is 0. The van der Waals surface area contributed by atoms with Crippen molar-refractivity contribution >= 4 is 0 Å². The van der Waals surface area contributed by atoms with Gasteiger partial charge in [0.1, 0.15) is 0 Å². The highest BCUT2D eigenvalue weighted by molar-refractivity contribution is 4.93. The van der Waals surface area contributed by atoms with Crippen molar-refractivity contribution in [3.05, 3.63) is 0 Å². The predicted molar refractivity (Wildman–Crippen MR) is 68.5 cm³/mol. The largest absolute Gasteiger partial charge is 0.324 e. The molecule has 2 saturated heterocycles. The maximum absolute atomic E-state index is 6.29. The molecule has 0 radical (unpaired) electrons. The maximum Gasteiger partial charge on any atom is 0.0252 e. The van der Waals surface area contributed by atoms with E-state index in [1.54, 1.807) is 0 Å². The van der Waals surface area contributed by atoms with Gasteiger partial charge in [0.05, 0.1) is 0 Å². The van der Waals surface area contributed by atoms with Crippen molar-refractivity contribution in [2.45, 2.75) is 57.7 Å². The lowest BCUT2D eigenvalue weighted by atomic mass is 9.97. The summed E-state index contributed by atoms with van der Waals surface area (Å²) in [6, 6.07) is 1.48. The molecule has 0 aromatic rings. The fraction of sp³-hybridized carbons (Fsp3) is 1.00. The first-order valence-electron chi connectivity index (χ1n) is 6.79. The van der Waals surface area contributed by atoms with E-state index in [0.717, 1.165) is 19.0 Å². The fourth-order valence-corrected chi connectivity index (χ4v) is 3.04. The van der Waals surface area contributed by atoms with Crippen molar-refractivity contribution in [1.82, 2.24) is 9.80 Å². The molecule has 2 aliphatic heterocycles. The smallest absolute Gasteiger partial charge is 0.0252 e. The van der Waals surface area contributed by atoms with E-state index >= 15 is 0 Å². The summed E-state index contributed by atoms with van der Waals surface area (Å²) in [6.45, 7) is 11.6. The van der Waals surface area contributed by atoms with E-state index in [4.69, 9.17) is 5.73 Å². The van der Waals surface area contributed by atoms with Crippen LogP contribution in [-0.4, -0.2) is 53.6 Å². The van der Waals surface area contributed by atoms with Crippen molar-refractivity contribution < 1.29 is 0 Å². The van der Waals surface area contributed by atoms with Gasteiger partial charge in [0.15, 0.2) is 0 Å². The second kappa shape index (κ2) is 4.63. The van der Waals surface area contributed by atoms with Crippen molar-refractivity contribution in [3.8, 4) is 0 Å². The SMILES string of the molecule is CCC(C)(N)CN1CC2CCCN2CC1C. The van der Waals surface area contributed by atoms with Gasteiger partial charge < -0.3 is 5.73 Å². The average Bonchev–Trinajstić information content (AvgIpc) is 2.65. The lowest BCUT2D eigenvalue weighted by Gasteiger charge is -2.45. The van der Waals surface area contributed by atoms with Crippen molar-refractivity contribution in [2.75, 3.05) is 26.2 Å². The zero-order valence-electron chi connectivity index (χ0n) is 11.1. The Morgan fingerprint density at radius 1 is 1.38 bits per heavy atom. The Kier molecular flexibility index (Phi) is 3.57. The summed E-state index contributed by atoms with van der Waals surface area (Å²) in [5, 5.41) is 0. The van der Waals surface area contributed by atoms with E-state index < -0.39 is 0 Å². The lowest BCUT2D eigenvalue weighted by Crippen LogP contribution is -2.59. The third kappa shape index (κ3) is 2.58. The average molecular weight is 225 g/mol. The summed E-state index contributed by atoms with van der Waals surface area (Å²) in [7, 11) is 0. The first-order valence-corrected chi connectivity index (χ1v) is 6.79. The first-order chi connectivity index (χ1) is 7.52. The van der Waals surface area contributed by atoms with E-state index in [1.165, 1.54) is 32.5 Å². The number of hydrogen-bond donors (Lipinski definition) is 1. The lowest BCUT2D eigenvalue weighted by molar-refractivity contribution is 0.0447. The molecule has 0 bridgehead atoms. The van der Waals surface area contributed by atoms with Crippen LogP contribution < -0.4 is 5.73 Å². The molecule has 0 amide bonds. The molecule has 2 aliphatic rings. The van der Waals surface area contributed by atoms with Crippen LogP contribution in [0, 0.1) is 0 Å². The van der Waals surface area contributed by atoms with Crippen LogP contribution in [0.5, 0.6) is 0 Å². The van der Waals surface area contributed by atoms with Gasteiger partial charge in [0.2, 0.25) is 0 Å². The molecule has 2 N–H and O–H groups in total. The van der Waals surface area contributed by atoms with Gasteiger partial charge in [0, 0.05) is 37.3 Å². The molecule has 2 heterocycles. The molecule has 3 atom stereocenters. The van der Waals surface area contributed by atoms with Gasteiger partial charge in [-0.15, -0.1) is 0 Å². The van der Waals surface area contributed by atoms with Gasteiger partial charge in [-0.2, -0.15) is 0 Å². The minimum Gasteiger partial charge on any atom is -0.324 e. The molecule has 3 heteroatoms. The fourth-order valence-electron chi connectivity index (χ4n) is 3.04. The monoisotopic (exact) mass is 225 g/mol. The van der Waals surface area contributed by atoms with Crippen molar-refractivity contribution in [3.63, 3.8) is 0 Å². The third-order valence-corrected chi connectivity index (χ3v) is 4.44. The Labute approximate surface area is 100.0 Å². The van der Waals surface area contributed by atoms with E-state index in [1.807, 2.05) is 0 Å². The van der Waals surface area contributed by atoms with Crippen molar-refractivity contribution in [2.24, 2.45) is 5.73 Å². The summed E-state index contributed by atoms with van der Waals surface area (Å²) >= 11 is 0. The van der Waals surface area contributed by atoms with Crippen LogP contribution in [0.1, 0.15) is 40.0 Å². The summed E-state index contributed by atoms with van der Waals surface area (Å²) in [4.78, 5) is 5.27. The third-order valence-electron chi connectivity index (χ3n) is 4.44. The molecule has 3 unspecified atom stereocenters. The minimum atomic E-state index is -0.0188. The van der Waals surface area contributed by atoms with Gasteiger partial charge in [-0.05, 0) is 39.7 Å². The zero-order valence-corrected chi connectivity index (χ0v) is 11.1. The Morgan fingerprint density at radius 2 is 2.12 bits per heavy atom. The van der Waals surface area contributed by atoms with E-state index in [9.17, 15) is 0 Å². The van der Waals surface area contributed by atoms with Crippen LogP contribution in [0.2, 0.25) is 0 Å². The quantitative estimate of drug-likeness (QED) is 0.785. The highest BCUT2D eigenvalue weighted by Gasteiger charge is 2.36. The molecule has 0 spiro atoms. The van der Waals surface area contributed by atoms with Gasteiger partial charge >= 0.3 is 0 Å². The number of piperazine rings is 1. The van der Waals surface area contributed by atoms with E-state index in [-0.39, 0.29) is 5.54 Å². The minimum absolute atomic E-state index is 0.0188. The molecule has 0 aliphatic carbocycles. The van der Waals surface area contributed by atoms with E-state index in [2.05, 4.69) is 30.6 Å². The number of rotatable bonds is 3. The Balaban J connectivity index is 1.94. The van der Waals surface area contributed by atoms with Gasteiger partial charge in [-0.1, -0.05) is 6.92 Å². The molecular formula is C13H27N3. The van der Waals surface area contributed by atoms with Crippen LogP contribution in [0.3, 0.4) is 0 Å². The molecule has 3 nitrogen and oxygen atoms in total. The molecule has 2 fully saturated rings. The Bertz CT molecular complexity index is 239. The highest BCUT2D eigenvalue weighted by atomic mass is 15.3. The van der Waals surface area contributed by atoms with Gasteiger partial charge in [-0.25, -0.2) is 0 Å². The number of nitrogens with zero attached hydrogens (tertiary/aromatic N) is 2. The van der Waals surface area contributed by atoms with Gasteiger partial charge in [0.25, 0.3) is 0 Å². The predicted octanol–water partition coefficient (Wildman–Crippen LogP) is 1.28. The number of nitrogens with two attached hydrogens (primary N) is 1. The molecule has 2 rings (SSSR count). The number of hydrogen-bond acceptors (Lipinski definition) is 3. The van der Waals surface area contributed by atoms with E-state index in [0.29, 0.717) is 6.04 Å². The molecular weight excluding hydrogens is 198 g/mol. The summed E-state index contributed by atoms with van der Waals surface area (Å²) in [6.07, 6.45) is 3.83. The Morgan fingerprint density at radius 3 is 2.81 bits per heavy atom. The first kappa shape index (κ1) is 12.3. The normalized spacial score (nSPS) is 36.0. The maximum atomic E-state index is 6.29. The van der Waals surface area contributed by atoms with Crippen LogP contribution >= 0.6 is 0 Å².